The number of likely N-dealkylation sites (N-methyl/N-ethyl adjacent to an activating group) is 1. The third-order valence-corrected chi connectivity index (χ3v) is 4.03. The van der Waals surface area contributed by atoms with Crippen molar-refractivity contribution in [2.24, 2.45) is 0 Å². The molecule has 23 heavy (non-hydrogen) atoms. The summed E-state index contributed by atoms with van der Waals surface area (Å²) >= 11 is 0. The fourth-order valence-corrected chi connectivity index (χ4v) is 2.87. The van der Waals surface area contributed by atoms with Crippen LogP contribution < -0.4 is 5.73 Å². The molecule has 0 aromatic heterocycles. The molecule has 0 spiro atoms. The Morgan fingerprint density at radius 1 is 1.30 bits per heavy atom. The molecule has 1 amide bonds. The van der Waals surface area contributed by atoms with Gasteiger partial charge in [0.1, 0.15) is 6.61 Å². The maximum absolute atomic E-state index is 12.8. The van der Waals surface area contributed by atoms with E-state index in [0.29, 0.717) is 18.5 Å². The molecule has 0 saturated carbocycles. The number of benzene rings is 2. The number of carbonyl (C=O) groups is 1. The third kappa shape index (κ3) is 3.47. The minimum Gasteiger partial charge on any atom is -0.445 e. The van der Waals surface area contributed by atoms with Crippen molar-refractivity contribution in [1.29, 1.82) is 0 Å². The molecule has 2 aromatic rings. The van der Waals surface area contributed by atoms with Gasteiger partial charge in [0, 0.05) is 25.1 Å². The first-order valence-electron chi connectivity index (χ1n) is 9.97. The SMILES string of the molecule is [2H]C([2H])([2H])C([2H])([2H])N(C(=O)OCc1ccccc1)[C@H]1Cc2ccc(N)cc2C1. The minimum absolute atomic E-state index is 0.0696. The molecular weight excluding hydrogens is 288 g/mol. The summed E-state index contributed by atoms with van der Waals surface area (Å²) in [4.78, 5) is 13.5. The highest BCUT2D eigenvalue weighted by Gasteiger charge is 2.30. The molecule has 0 fully saturated rings. The number of amides is 1. The molecule has 4 heteroatoms. The topological polar surface area (TPSA) is 55.6 Å². The van der Waals surface area contributed by atoms with Gasteiger partial charge in [-0.05, 0) is 48.5 Å². The van der Waals surface area contributed by atoms with Gasteiger partial charge in [0.15, 0.2) is 0 Å². The van der Waals surface area contributed by atoms with Crippen molar-refractivity contribution in [3.63, 3.8) is 0 Å². The molecule has 3 rings (SSSR count). The van der Waals surface area contributed by atoms with E-state index >= 15 is 0 Å². The number of carbonyl (C=O) groups excluding carboxylic acids is 1. The first-order valence-corrected chi connectivity index (χ1v) is 7.47. The van der Waals surface area contributed by atoms with Gasteiger partial charge in [0.2, 0.25) is 0 Å². The number of nitrogens with zero attached hydrogens (tertiary/aromatic N) is 1. The Morgan fingerprint density at radius 3 is 2.87 bits per heavy atom. The van der Waals surface area contributed by atoms with Crippen LogP contribution in [-0.2, 0) is 24.2 Å². The average molecular weight is 315 g/mol. The monoisotopic (exact) mass is 315 g/mol. The van der Waals surface area contributed by atoms with Gasteiger partial charge >= 0.3 is 6.09 Å². The molecule has 0 saturated heterocycles. The van der Waals surface area contributed by atoms with Crippen molar-refractivity contribution < 1.29 is 16.4 Å². The van der Waals surface area contributed by atoms with Crippen molar-refractivity contribution in [1.82, 2.24) is 4.90 Å². The largest absolute Gasteiger partial charge is 0.445 e. The molecule has 2 N–H and O–H groups in total. The lowest BCUT2D eigenvalue weighted by atomic mass is 10.1. The van der Waals surface area contributed by atoms with Crippen molar-refractivity contribution in [2.75, 3.05) is 12.2 Å². The van der Waals surface area contributed by atoms with Gasteiger partial charge < -0.3 is 15.4 Å². The van der Waals surface area contributed by atoms with E-state index in [0.717, 1.165) is 21.6 Å². The second-order valence-electron chi connectivity index (χ2n) is 5.61. The van der Waals surface area contributed by atoms with Crippen molar-refractivity contribution in [3.05, 3.63) is 65.2 Å². The molecule has 120 valence electrons. The van der Waals surface area contributed by atoms with Crippen molar-refractivity contribution in [3.8, 4) is 0 Å². The molecule has 0 radical (unpaired) electrons. The molecule has 2 aromatic carbocycles. The van der Waals surface area contributed by atoms with E-state index in [9.17, 15) is 4.79 Å². The second-order valence-corrected chi connectivity index (χ2v) is 5.61. The minimum atomic E-state index is -3.02. The average Bonchev–Trinajstić information content (AvgIpc) is 3.02. The van der Waals surface area contributed by atoms with E-state index in [1.54, 1.807) is 36.4 Å². The molecular formula is C19H22N2O2. The predicted molar refractivity (Wildman–Crippen MR) is 91.1 cm³/mol. The standard InChI is InChI=1S/C19H22N2O2/c1-2-21(19(22)23-13-14-6-4-3-5-7-14)18-11-15-8-9-17(20)10-16(15)12-18/h3-10,18H,2,11-13,20H2,1H3/t18-/m0/s1/i1D3,2D2. The van der Waals surface area contributed by atoms with Gasteiger partial charge in [0.05, 0.1) is 0 Å². The summed E-state index contributed by atoms with van der Waals surface area (Å²) in [6.45, 7) is -5.97. The zero-order valence-electron chi connectivity index (χ0n) is 17.7. The molecule has 1 aliphatic rings. The molecule has 0 aliphatic heterocycles. The van der Waals surface area contributed by atoms with Crippen LogP contribution in [0.15, 0.2) is 48.5 Å². The Kier molecular flexibility index (Phi) is 3.02. The van der Waals surface area contributed by atoms with Crippen LogP contribution >= 0.6 is 0 Å². The lowest BCUT2D eigenvalue weighted by Gasteiger charge is -2.26. The predicted octanol–water partition coefficient (Wildman–Crippen LogP) is 3.39. The number of hydrogen-bond acceptors (Lipinski definition) is 3. The van der Waals surface area contributed by atoms with Gasteiger partial charge in [-0.15, -0.1) is 0 Å². The second kappa shape index (κ2) is 6.73. The number of rotatable bonds is 4. The Labute approximate surface area is 143 Å². The number of fused-ring (bicyclic) bond motifs is 1. The number of anilines is 1. The zero-order valence-corrected chi connectivity index (χ0v) is 12.7. The Bertz CT molecular complexity index is 855. The third-order valence-electron chi connectivity index (χ3n) is 4.03. The first kappa shape index (κ1) is 10.3. The summed E-state index contributed by atoms with van der Waals surface area (Å²) in [6, 6.07) is 13.6. The number of nitrogen functional groups attached to an aromatic ring is 1. The number of ether oxygens (including phenoxy) is 1. The van der Waals surface area contributed by atoms with E-state index in [1.807, 2.05) is 12.1 Å². The van der Waals surface area contributed by atoms with E-state index in [-0.39, 0.29) is 6.61 Å². The number of nitrogens with two attached hydrogens (primary N) is 1. The highest BCUT2D eigenvalue weighted by Crippen LogP contribution is 2.27. The van der Waals surface area contributed by atoms with E-state index in [4.69, 9.17) is 17.3 Å². The van der Waals surface area contributed by atoms with Gasteiger partial charge in [-0.1, -0.05) is 36.4 Å². The molecule has 4 nitrogen and oxygen atoms in total. The maximum atomic E-state index is 12.8. The summed E-state index contributed by atoms with van der Waals surface area (Å²) in [6.07, 6.45) is -0.335. The van der Waals surface area contributed by atoms with Gasteiger partial charge in [0.25, 0.3) is 0 Å². The Balaban J connectivity index is 1.85. The maximum Gasteiger partial charge on any atom is 0.410 e. The molecule has 0 unspecified atom stereocenters. The van der Waals surface area contributed by atoms with Crippen LogP contribution in [0.1, 0.15) is 30.4 Å². The van der Waals surface area contributed by atoms with Gasteiger partial charge in [-0.3, -0.25) is 0 Å². The lowest BCUT2D eigenvalue weighted by molar-refractivity contribution is 0.0840. The summed E-state index contributed by atoms with van der Waals surface area (Å²) in [5.41, 5.74) is 8.91. The zero-order chi connectivity index (χ0) is 20.5. The smallest absolute Gasteiger partial charge is 0.410 e. The van der Waals surface area contributed by atoms with Crippen molar-refractivity contribution in [2.45, 2.75) is 32.3 Å². The van der Waals surface area contributed by atoms with Crippen LogP contribution in [0.3, 0.4) is 0 Å². The van der Waals surface area contributed by atoms with Crippen LogP contribution in [0, 0.1) is 0 Å². The van der Waals surface area contributed by atoms with Crippen molar-refractivity contribution >= 4 is 11.8 Å². The summed E-state index contributed by atoms with van der Waals surface area (Å²) in [7, 11) is 0. The quantitative estimate of drug-likeness (QED) is 0.880. The highest BCUT2D eigenvalue weighted by atomic mass is 16.6. The fraction of sp³-hybridized carbons (Fsp3) is 0.316. The van der Waals surface area contributed by atoms with Crippen LogP contribution in [0.4, 0.5) is 10.5 Å². The normalized spacial score (nSPS) is 20.3. The molecule has 1 aliphatic carbocycles. The summed E-state index contributed by atoms with van der Waals surface area (Å²) in [5.74, 6) is 0. The van der Waals surface area contributed by atoms with Crippen LogP contribution in [0.25, 0.3) is 0 Å². The van der Waals surface area contributed by atoms with Gasteiger partial charge in [-0.25, -0.2) is 4.79 Å². The van der Waals surface area contributed by atoms with Crippen LogP contribution in [-0.4, -0.2) is 23.5 Å². The molecule has 1 atom stereocenters. The summed E-state index contributed by atoms with van der Waals surface area (Å²) in [5, 5.41) is 0. The first-order chi connectivity index (χ1) is 13.1. The van der Waals surface area contributed by atoms with E-state index in [2.05, 4.69) is 0 Å². The highest BCUT2D eigenvalue weighted by molar-refractivity contribution is 5.68. The number of hydrogen-bond donors (Lipinski definition) is 1. The Hall–Kier alpha value is -2.49. The van der Waals surface area contributed by atoms with E-state index < -0.39 is 25.5 Å². The van der Waals surface area contributed by atoms with Gasteiger partial charge in [-0.2, -0.15) is 0 Å². The molecule has 0 bridgehead atoms. The Morgan fingerprint density at radius 2 is 2.09 bits per heavy atom. The summed E-state index contributed by atoms with van der Waals surface area (Å²) < 4.78 is 44.4. The lowest BCUT2D eigenvalue weighted by Crippen LogP contribution is -2.41. The van der Waals surface area contributed by atoms with E-state index in [1.165, 1.54) is 0 Å². The van der Waals surface area contributed by atoms with Crippen LogP contribution in [0.2, 0.25) is 0 Å². The fourth-order valence-electron chi connectivity index (χ4n) is 2.87. The molecule has 0 heterocycles. The van der Waals surface area contributed by atoms with Crippen LogP contribution in [0.5, 0.6) is 0 Å².